The van der Waals surface area contributed by atoms with E-state index in [1.54, 1.807) is 6.92 Å². The van der Waals surface area contributed by atoms with Crippen LogP contribution in [0.5, 0.6) is 0 Å². The number of fused-ring (bicyclic) bond motifs is 1. The van der Waals surface area contributed by atoms with Crippen molar-refractivity contribution >= 4 is 17.8 Å². The number of hydrogen-bond donors (Lipinski definition) is 3. The summed E-state index contributed by atoms with van der Waals surface area (Å²) in [5.41, 5.74) is 1.04. The lowest BCUT2D eigenvalue weighted by atomic mass is 9.84. The monoisotopic (exact) mass is 402 g/mol. The van der Waals surface area contributed by atoms with Crippen molar-refractivity contribution < 1.29 is 24.6 Å². The summed E-state index contributed by atoms with van der Waals surface area (Å²) in [5.74, 6) is -2.06. The zero-order valence-electron chi connectivity index (χ0n) is 16.8. The summed E-state index contributed by atoms with van der Waals surface area (Å²) >= 11 is 0. The molecule has 0 spiro atoms. The van der Waals surface area contributed by atoms with Gasteiger partial charge in [0.25, 0.3) is 0 Å². The van der Waals surface area contributed by atoms with Crippen LogP contribution in [0.25, 0.3) is 0 Å². The zero-order valence-corrected chi connectivity index (χ0v) is 16.8. The van der Waals surface area contributed by atoms with E-state index >= 15 is 0 Å². The first-order valence-electron chi connectivity index (χ1n) is 10.5. The van der Waals surface area contributed by atoms with Gasteiger partial charge in [-0.25, -0.2) is 4.79 Å². The van der Waals surface area contributed by atoms with Crippen molar-refractivity contribution in [2.24, 2.45) is 5.92 Å². The number of amides is 1. The molecule has 2 fully saturated rings. The Hall–Kier alpha value is -2.41. The lowest BCUT2D eigenvalue weighted by Gasteiger charge is -2.35. The lowest BCUT2D eigenvalue weighted by Crippen LogP contribution is -2.55. The zero-order chi connectivity index (χ0) is 21.0. The van der Waals surface area contributed by atoms with Crippen LogP contribution >= 0.6 is 0 Å². The van der Waals surface area contributed by atoms with Crippen LogP contribution in [0.1, 0.15) is 51.0 Å². The van der Waals surface area contributed by atoms with Crippen LogP contribution in [0.4, 0.5) is 0 Å². The quantitative estimate of drug-likeness (QED) is 0.616. The summed E-state index contributed by atoms with van der Waals surface area (Å²) in [6.45, 7) is 1.63. The molecule has 0 radical (unpaired) electrons. The Morgan fingerprint density at radius 3 is 2.48 bits per heavy atom. The standard InChI is InChI=1S/C22H30N2O5/c1-14(23-17(21(26)27)12-11-15-7-3-2-4-8-15)20(25)24-18-10-6-5-9-16(18)13-19(24)22(28)29/h2-4,7-8,14,16-19,23H,5-6,9-13H2,1H3,(H,26,27)(H,28,29)/t14-,16+,17?,18-,19-/m0/s1. The van der Waals surface area contributed by atoms with E-state index in [2.05, 4.69) is 5.32 Å². The minimum Gasteiger partial charge on any atom is -0.480 e. The normalized spacial score (nSPS) is 25.8. The van der Waals surface area contributed by atoms with Crippen LogP contribution in [0.15, 0.2) is 30.3 Å². The number of hydrogen-bond acceptors (Lipinski definition) is 4. The van der Waals surface area contributed by atoms with Crippen molar-refractivity contribution in [1.82, 2.24) is 10.2 Å². The molecule has 1 saturated heterocycles. The van der Waals surface area contributed by atoms with Crippen molar-refractivity contribution in [2.45, 2.75) is 76.0 Å². The maximum Gasteiger partial charge on any atom is 0.326 e. The molecule has 0 bridgehead atoms. The Balaban J connectivity index is 1.66. The van der Waals surface area contributed by atoms with E-state index in [9.17, 15) is 24.6 Å². The highest BCUT2D eigenvalue weighted by Gasteiger charge is 2.48. The highest BCUT2D eigenvalue weighted by atomic mass is 16.4. The van der Waals surface area contributed by atoms with Crippen molar-refractivity contribution in [3.63, 3.8) is 0 Å². The molecule has 1 aromatic carbocycles. The van der Waals surface area contributed by atoms with Crippen LogP contribution < -0.4 is 5.32 Å². The van der Waals surface area contributed by atoms with Crippen LogP contribution in [-0.2, 0) is 20.8 Å². The van der Waals surface area contributed by atoms with Gasteiger partial charge in [0.05, 0.1) is 6.04 Å². The van der Waals surface area contributed by atoms with Gasteiger partial charge in [0, 0.05) is 6.04 Å². The van der Waals surface area contributed by atoms with E-state index in [0.29, 0.717) is 19.3 Å². The third kappa shape index (κ3) is 4.96. The van der Waals surface area contributed by atoms with Gasteiger partial charge in [-0.15, -0.1) is 0 Å². The molecule has 3 N–H and O–H groups in total. The fourth-order valence-electron chi connectivity index (χ4n) is 4.83. The highest BCUT2D eigenvalue weighted by Crippen LogP contribution is 2.40. The second kappa shape index (κ2) is 9.39. The number of nitrogens with one attached hydrogen (secondary N) is 1. The average molecular weight is 402 g/mol. The van der Waals surface area contributed by atoms with Crippen molar-refractivity contribution in [3.8, 4) is 0 Å². The molecule has 1 saturated carbocycles. The number of likely N-dealkylation sites (tertiary alicyclic amines) is 1. The second-order valence-electron chi connectivity index (χ2n) is 8.25. The molecule has 5 atom stereocenters. The number of aliphatic carboxylic acids is 2. The molecule has 1 aliphatic heterocycles. The Morgan fingerprint density at radius 1 is 1.14 bits per heavy atom. The van der Waals surface area contributed by atoms with E-state index in [1.807, 2.05) is 30.3 Å². The lowest BCUT2D eigenvalue weighted by molar-refractivity contribution is -0.151. The van der Waals surface area contributed by atoms with Gasteiger partial charge in [0.1, 0.15) is 12.1 Å². The molecular weight excluding hydrogens is 372 g/mol. The summed E-state index contributed by atoms with van der Waals surface area (Å²) in [6.07, 6.45) is 5.27. The van der Waals surface area contributed by atoms with E-state index in [0.717, 1.165) is 31.2 Å². The molecule has 1 unspecified atom stereocenters. The van der Waals surface area contributed by atoms with Gasteiger partial charge in [0.15, 0.2) is 0 Å². The highest BCUT2D eigenvalue weighted by molar-refractivity contribution is 5.88. The van der Waals surface area contributed by atoms with Gasteiger partial charge in [0.2, 0.25) is 5.91 Å². The fraction of sp³-hybridized carbons (Fsp3) is 0.591. The second-order valence-corrected chi connectivity index (χ2v) is 8.25. The summed E-state index contributed by atoms with van der Waals surface area (Å²) in [6, 6.07) is 7.12. The molecule has 0 aromatic heterocycles. The van der Waals surface area contributed by atoms with Crippen molar-refractivity contribution in [1.29, 1.82) is 0 Å². The van der Waals surface area contributed by atoms with E-state index in [-0.39, 0.29) is 17.9 Å². The maximum absolute atomic E-state index is 13.2. The number of carboxylic acids is 2. The third-order valence-corrected chi connectivity index (χ3v) is 6.31. The Kier molecular flexibility index (Phi) is 6.90. The van der Waals surface area contributed by atoms with Gasteiger partial charge in [-0.05, 0) is 50.5 Å². The molecule has 29 heavy (non-hydrogen) atoms. The van der Waals surface area contributed by atoms with E-state index in [4.69, 9.17) is 0 Å². The number of carboxylic acid groups (broad SMARTS) is 2. The topological polar surface area (TPSA) is 107 Å². The minimum atomic E-state index is -1.01. The first-order chi connectivity index (χ1) is 13.9. The Labute approximate surface area is 171 Å². The summed E-state index contributed by atoms with van der Waals surface area (Å²) in [7, 11) is 0. The molecular formula is C22H30N2O5. The summed E-state index contributed by atoms with van der Waals surface area (Å²) < 4.78 is 0. The minimum absolute atomic E-state index is 0.0470. The first-order valence-corrected chi connectivity index (χ1v) is 10.5. The average Bonchev–Trinajstić information content (AvgIpc) is 3.10. The largest absolute Gasteiger partial charge is 0.480 e. The fourth-order valence-corrected chi connectivity index (χ4v) is 4.83. The van der Waals surface area contributed by atoms with E-state index in [1.165, 1.54) is 4.90 Å². The van der Waals surface area contributed by atoms with Gasteiger partial charge in [-0.2, -0.15) is 0 Å². The van der Waals surface area contributed by atoms with Gasteiger partial charge < -0.3 is 15.1 Å². The van der Waals surface area contributed by atoms with Gasteiger partial charge >= 0.3 is 11.9 Å². The molecule has 7 nitrogen and oxygen atoms in total. The SMILES string of the molecule is C[C@H](NC(CCc1ccccc1)C(=O)O)C(=O)N1[C@H](C(=O)O)C[C@H]2CCCC[C@@H]21. The summed E-state index contributed by atoms with van der Waals surface area (Å²) in [4.78, 5) is 38.2. The summed E-state index contributed by atoms with van der Waals surface area (Å²) in [5, 5.41) is 22.2. The smallest absolute Gasteiger partial charge is 0.326 e. The molecule has 1 aromatic rings. The third-order valence-electron chi connectivity index (χ3n) is 6.31. The number of carbonyl (C=O) groups is 3. The molecule has 1 aliphatic carbocycles. The van der Waals surface area contributed by atoms with Crippen LogP contribution in [0, 0.1) is 5.92 Å². The number of nitrogens with zero attached hydrogens (tertiary/aromatic N) is 1. The van der Waals surface area contributed by atoms with Crippen LogP contribution in [0.3, 0.4) is 0 Å². The van der Waals surface area contributed by atoms with Crippen molar-refractivity contribution in [3.05, 3.63) is 35.9 Å². The predicted molar refractivity (Wildman–Crippen MR) is 107 cm³/mol. The predicted octanol–water partition coefficient (Wildman–Crippen LogP) is 2.29. The Bertz CT molecular complexity index is 738. The molecule has 3 rings (SSSR count). The number of benzene rings is 1. The number of rotatable bonds is 8. The molecule has 158 valence electrons. The molecule has 7 heteroatoms. The van der Waals surface area contributed by atoms with Crippen LogP contribution in [-0.4, -0.2) is 57.1 Å². The van der Waals surface area contributed by atoms with E-state index < -0.39 is 30.1 Å². The van der Waals surface area contributed by atoms with Gasteiger partial charge in [-0.3, -0.25) is 14.9 Å². The first kappa shape index (κ1) is 21.3. The number of aryl methyl sites for hydroxylation is 1. The van der Waals surface area contributed by atoms with Crippen molar-refractivity contribution in [2.75, 3.05) is 0 Å². The molecule has 2 aliphatic rings. The molecule has 1 heterocycles. The number of carbonyl (C=O) groups excluding carboxylic acids is 1. The Morgan fingerprint density at radius 2 is 1.83 bits per heavy atom. The maximum atomic E-state index is 13.2. The molecule has 1 amide bonds. The van der Waals surface area contributed by atoms with Gasteiger partial charge in [-0.1, -0.05) is 43.2 Å². The van der Waals surface area contributed by atoms with Crippen LogP contribution in [0.2, 0.25) is 0 Å².